The van der Waals surface area contributed by atoms with E-state index in [4.69, 9.17) is 4.74 Å². The van der Waals surface area contributed by atoms with E-state index in [2.05, 4.69) is 19.8 Å². The summed E-state index contributed by atoms with van der Waals surface area (Å²) in [6.45, 7) is 11.0. The summed E-state index contributed by atoms with van der Waals surface area (Å²) in [6, 6.07) is 1.51. The lowest BCUT2D eigenvalue weighted by atomic mass is 10.2. The first-order chi connectivity index (χ1) is 15.8. The van der Waals surface area contributed by atoms with Crippen LogP contribution in [0.3, 0.4) is 0 Å². The van der Waals surface area contributed by atoms with Crippen LogP contribution in [0.25, 0.3) is 0 Å². The van der Waals surface area contributed by atoms with Gasteiger partial charge in [-0.15, -0.1) is 0 Å². The molecule has 3 atom stereocenters. The second-order valence-electron chi connectivity index (χ2n) is 9.05. The number of carbonyl (C=O) groups excluding carboxylic acids is 1. The standard InChI is InChI=1S/C21H35N7O4S/c1-17-15-28(16-18(2)32-17)33(30,31)27-13-11-24(12-14-27)19(3)20(29)25-7-9-26(10-8-25)21-22-5-4-6-23-21/h4-6,17-19H,7-16H2,1-3H3. The third-order valence-corrected chi connectivity index (χ3v) is 8.61. The van der Waals surface area contributed by atoms with Crippen molar-refractivity contribution in [1.29, 1.82) is 0 Å². The molecule has 3 aliphatic heterocycles. The second-order valence-corrected chi connectivity index (χ2v) is 11.0. The van der Waals surface area contributed by atoms with Crippen LogP contribution in [0.2, 0.25) is 0 Å². The number of rotatable bonds is 5. The van der Waals surface area contributed by atoms with Gasteiger partial charge >= 0.3 is 0 Å². The van der Waals surface area contributed by atoms with Gasteiger partial charge in [-0.3, -0.25) is 9.69 Å². The lowest BCUT2D eigenvalue weighted by Gasteiger charge is -2.42. The minimum atomic E-state index is -3.53. The third-order valence-electron chi connectivity index (χ3n) is 6.64. The first-order valence-electron chi connectivity index (χ1n) is 11.7. The number of morpholine rings is 1. The number of piperazine rings is 2. The van der Waals surface area contributed by atoms with Crippen LogP contribution in [0.5, 0.6) is 0 Å². The summed E-state index contributed by atoms with van der Waals surface area (Å²) in [5, 5.41) is 0. The molecule has 0 bridgehead atoms. The van der Waals surface area contributed by atoms with Crippen molar-refractivity contribution in [3.05, 3.63) is 18.5 Å². The summed E-state index contributed by atoms with van der Waals surface area (Å²) in [7, 11) is -3.53. The van der Waals surface area contributed by atoms with Crippen molar-refractivity contribution in [3.8, 4) is 0 Å². The van der Waals surface area contributed by atoms with Gasteiger partial charge in [-0.1, -0.05) is 0 Å². The predicted octanol–water partition coefficient (Wildman–Crippen LogP) is -0.515. The highest BCUT2D eigenvalue weighted by Crippen LogP contribution is 2.20. The molecule has 4 rings (SSSR count). The molecule has 1 amide bonds. The predicted molar refractivity (Wildman–Crippen MR) is 124 cm³/mol. The van der Waals surface area contributed by atoms with E-state index in [0.29, 0.717) is 71.4 Å². The molecule has 12 heteroatoms. The number of anilines is 1. The molecule has 3 saturated heterocycles. The molecule has 11 nitrogen and oxygen atoms in total. The number of aromatic nitrogens is 2. The SMILES string of the molecule is CC1CN(S(=O)(=O)N2CCN(C(C)C(=O)N3CCN(c4ncccn4)CC3)CC2)CC(C)O1. The van der Waals surface area contributed by atoms with Crippen molar-refractivity contribution in [2.75, 3.05) is 70.3 Å². The van der Waals surface area contributed by atoms with Gasteiger partial charge in [0.15, 0.2) is 0 Å². The van der Waals surface area contributed by atoms with E-state index >= 15 is 0 Å². The fraction of sp³-hybridized carbons (Fsp3) is 0.762. The van der Waals surface area contributed by atoms with Gasteiger partial charge in [0.1, 0.15) is 0 Å². The maximum absolute atomic E-state index is 13.1. The minimum absolute atomic E-state index is 0.0933. The molecule has 1 aromatic rings. The highest BCUT2D eigenvalue weighted by Gasteiger charge is 2.38. The highest BCUT2D eigenvalue weighted by atomic mass is 32.2. The van der Waals surface area contributed by atoms with E-state index in [1.165, 1.54) is 4.31 Å². The van der Waals surface area contributed by atoms with Crippen molar-refractivity contribution in [3.63, 3.8) is 0 Å². The minimum Gasteiger partial charge on any atom is -0.373 e. The summed E-state index contributed by atoms with van der Waals surface area (Å²) in [4.78, 5) is 27.8. The van der Waals surface area contributed by atoms with Gasteiger partial charge in [-0.2, -0.15) is 17.0 Å². The number of nitrogens with zero attached hydrogens (tertiary/aromatic N) is 7. The monoisotopic (exact) mass is 481 g/mol. The van der Waals surface area contributed by atoms with E-state index in [1.54, 1.807) is 22.8 Å². The maximum Gasteiger partial charge on any atom is 0.282 e. The van der Waals surface area contributed by atoms with Crippen LogP contribution in [0.15, 0.2) is 18.5 Å². The topological polar surface area (TPSA) is 102 Å². The summed E-state index contributed by atoms with van der Waals surface area (Å²) >= 11 is 0. The van der Waals surface area contributed by atoms with Gasteiger partial charge in [-0.25, -0.2) is 9.97 Å². The van der Waals surface area contributed by atoms with E-state index in [1.807, 2.05) is 25.7 Å². The summed E-state index contributed by atoms with van der Waals surface area (Å²) < 4.78 is 35.0. The zero-order valence-corrected chi connectivity index (χ0v) is 20.5. The van der Waals surface area contributed by atoms with Crippen LogP contribution in [0.1, 0.15) is 20.8 Å². The number of carbonyl (C=O) groups is 1. The van der Waals surface area contributed by atoms with Crippen LogP contribution >= 0.6 is 0 Å². The molecule has 0 spiro atoms. The zero-order valence-electron chi connectivity index (χ0n) is 19.7. The van der Waals surface area contributed by atoms with Crippen LogP contribution in [0, 0.1) is 0 Å². The normalized spacial score (nSPS) is 27.5. The highest BCUT2D eigenvalue weighted by molar-refractivity contribution is 7.86. The van der Waals surface area contributed by atoms with E-state index in [9.17, 15) is 13.2 Å². The fourth-order valence-corrected chi connectivity index (χ4v) is 6.55. The van der Waals surface area contributed by atoms with Gasteiger partial charge in [0.05, 0.1) is 18.2 Å². The Morgan fingerprint density at radius 3 is 2.09 bits per heavy atom. The Balaban J connectivity index is 1.27. The van der Waals surface area contributed by atoms with Gasteiger partial charge in [0, 0.05) is 77.8 Å². The van der Waals surface area contributed by atoms with Gasteiger partial charge < -0.3 is 14.5 Å². The van der Waals surface area contributed by atoms with Crippen LogP contribution in [0.4, 0.5) is 5.95 Å². The molecule has 0 aromatic carbocycles. The molecule has 0 radical (unpaired) electrons. The Labute approximate surface area is 196 Å². The van der Waals surface area contributed by atoms with Crippen LogP contribution < -0.4 is 4.90 Å². The van der Waals surface area contributed by atoms with Crippen LogP contribution in [-0.2, 0) is 19.7 Å². The summed E-state index contributed by atoms with van der Waals surface area (Å²) in [5.74, 6) is 0.787. The molecule has 0 saturated carbocycles. The zero-order chi connectivity index (χ0) is 23.6. The number of amides is 1. The molecule has 3 unspecified atom stereocenters. The average Bonchev–Trinajstić information content (AvgIpc) is 2.83. The van der Waals surface area contributed by atoms with Crippen molar-refractivity contribution in [2.45, 2.75) is 39.0 Å². The molecular formula is C21H35N7O4S. The Bertz CT molecular complexity index is 892. The molecule has 3 fully saturated rings. The Morgan fingerprint density at radius 2 is 1.52 bits per heavy atom. The molecule has 4 heterocycles. The third kappa shape index (κ3) is 5.46. The summed E-state index contributed by atoms with van der Waals surface area (Å²) in [5.41, 5.74) is 0. The molecule has 0 aliphatic carbocycles. The molecule has 33 heavy (non-hydrogen) atoms. The molecule has 0 N–H and O–H groups in total. The van der Waals surface area contributed by atoms with E-state index in [0.717, 1.165) is 0 Å². The van der Waals surface area contributed by atoms with Gasteiger partial charge in [0.2, 0.25) is 11.9 Å². The van der Waals surface area contributed by atoms with E-state index < -0.39 is 10.2 Å². The number of ether oxygens (including phenoxy) is 1. The molecular weight excluding hydrogens is 446 g/mol. The van der Waals surface area contributed by atoms with Crippen molar-refractivity contribution >= 4 is 22.1 Å². The largest absolute Gasteiger partial charge is 0.373 e. The Kier molecular flexibility index (Phi) is 7.49. The smallest absolute Gasteiger partial charge is 0.282 e. The van der Waals surface area contributed by atoms with Gasteiger partial charge in [0.25, 0.3) is 10.2 Å². The first-order valence-corrected chi connectivity index (χ1v) is 13.1. The lowest BCUT2D eigenvalue weighted by Crippen LogP contribution is -2.60. The molecule has 1 aromatic heterocycles. The fourth-order valence-electron chi connectivity index (χ4n) is 4.81. The van der Waals surface area contributed by atoms with Crippen molar-refractivity contribution in [1.82, 2.24) is 28.4 Å². The molecule has 184 valence electrons. The number of hydrogen-bond donors (Lipinski definition) is 0. The van der Waals surface area contributed by atoms with Crippen LogP contribution in [-0.4, -0.2) is 126 Å². The van der Waals surface area contributed by atoms with Crippen molar-refractivity contribution < 1.29 is 17.9 Å². The number of hydrogen-bond acceptors (Lipinski definition) is 8. The second kappa shape index (κ2) is 10.2. The average molecular weight is 482 g/mol. The lowest BCUT2D eigenvalue weighted by molar-refractivity contribution is -0.137. The van der Waals surface area contributed by atoms with Gasteiger partial charge in [-0.05, 0) is 26.8 Å². The van der Waals surface area contributed by atoms with E-state index in [-0.39, 0.29) is 24.2 Å². The summed E-state index contributed by atoms with van der Waals surface area (Å²) in [6.07, 6.45) is 3.22. The maximum atomic E-state index is 13.1. The quantitative estimate of drug-likeness (QED) is 0.554. The molecule has 3 aliphatic rings. The Morgan fingerprint density at radius 1 is 0.939 bits per heavy atom. The Hall–Kier alpha value is -1.86. The first kappa shape index (κ1) is 24.3. The van der Waals surface area contributed by atoms with Crippen molar-refractivity contribution in [2.24, 2.45) is 0 Å².